The Morgan fingerprint density at radius 3 is 2.90 bits per heavy atom. The topological polar surface area (TPSA) is 82.7 Å². The van der Waals surface area contributed by atoms with Gasteiger partial charge in [-0.05, 0) is 31.2 Å². The molecule has 2 aliphatic carbocycles. The molecule has 2 unspecified atom stereocenters. The van der Waals surface area contributed by atoms with Crippen molar-refractivity contribution in [1.82, 2.24) is 5.32 Å². The first-order valence-corrected chi connectivity index (χ1v) is 7.26. The predicted molar refractivity (Wildman–Crippen MR) is 75.8 cm³/mol. The summed E-state index contributed by atoms with van der Waals surface area (Å²) >= 11 is 0. The van der Waals surface area contributed by atoms with Gasteiger partial charge in [0.1, 0.15) is 18.0 Å². The van der Waals surface area contributed by atoms with Gasteiger partial charge in [-0.1, -0.05) is 18.2 Å². The van der Waals surface area contributed by atoms with Gasteiger partial charge in [0.15, 0.2) is 0 Å². The van der Waals surface area contributed by atoms with Crippen molar-refractivity contribution in [2.45, 2.75) is 37.0 Å². The van der Waals surface area contributed by atoms with Crippen LogP contribution in [-0.2, 0) is 0 Å². The van der Waals surface area contributed by atoms with Gasteiger partial charge in [-0.15, -0.1) is 0 Å². The number of carbonyl (C=O) groups excluding carboxylic acids is 1. The average Bonchev–Trinajstić information content (AvgIpc) is 3.14. The summed E-state index contributed by atoms with van der Waals surface area (Å²) in [6.07, 6.45) is 2.00. The van der Waals surface area contributed by atoms with Crippen molar-refractivity contribution < 1.29 is 19.4 Å². The van der Waals surface area contributed by atoms with Crippen LogP contribution in [-0.4, -0.2) is 33.9 Å². The lowest BCUT2D eigenvalue weighted by molar-refractivity contribution is -0.0321. The zero-order chi connectivity index (χ0) is 14.6. The van der Waals surface area contributed by atoms with Gasteiger partial charge in [-0.2, -0.15) is 0 Å². The number of benzene rings is 1. The Hall–Kier alpha value is -1.85. The van der Waals surface area contributed by atoms with E-state index in [0.717, 1.165) is 11.8 Å². The average molecular weight is 287 g/mol. The molecule has 4 rings (SSSR count). The molecule has 0 radical (unpaired) electrons. The van der Waals surface area contributed by atoms with Crippen molar-refractivity contribution in [3.05, 3.63) is 36.1 Å². The third-order valence-electron chi connectivity index (χ3n) is 5.05. The number of hydrogen-bond donors (Lipinski definition) is 3. The molecule has 3 N–H and O–H groups in total. The van der Waals surface area contributed by atoms with E-state index in [1.54, 1.807) is 0 Å². The van der Waals surface area contributed by atoms with Crippen molar-refractivity contribution >= 4 is 16.9 Å². The molecule has 2 bridgehead atoms. The molecule has 5 heteroatoms. The van der Waals surface area contributed by atoms with Crippen molar-refractivity contribution in [3.63, 3.8) is 0 Å². The SMILES string of the molecule is O=C(NC12CCC(C1)[C@H](O)[C@@H]2O)c1coc2ccccc12. The van der Waals surface area contributed by atoms with E-state index in [2.05, 4.69) is 5.32 Å². The highest BCUT2D eigenvalue weighted by Gasteiger charge is 2.57. The third-order valence-corrected chi connectivity index (χ3v) is 5.05. The Labute approximate surface area is 121 Å². The molecule has 4 atom stereocenters. The normalized spacial score (nSPS) is 34.5. The fraction of sp³-hybridized carbons (Fsp3) is 0.438. The molecule has 21 heavy (non-hydrogen) atoms. The Balaban J connectivity index is 1.64. The van der Waals surface area contributed by atoms with Crippen LogP contribution in [0, 0.1) is 5.92 Å². The van der Waals surface area contributed by atoms with E-state index in [4.69, 9.17) is 4.42 Å². The van der Waals surface area contributed by atoms with Gasteiger partial charge in [-0.3, -0.25) is 4.79 Å². The molecule has 2 fully saturated rings. The maximum absolute atomic E-state index is 12.5. The van der Waals surface area contributed by atoms with E-state index in [1.165, 1.54) is 6.26 Å². The summed E-state index contributed by atoms with van der Waals surface area (Å²) in [4.78, 5) is 12.5. The lowest BCUT2D eigenvalue weighted by Crippen LogP contribution is -2.56. The van der Waals surface area contributed by atoms with E-state index >= 15 is 0 Å². The first-order chi connectivity index (χ1) is 10.1. The second kappa shape index (κ2) is 4.32. The molecule has 1 aromatic carbocycles. The lowest BCUT2D eigenvalue weighted by Gasteiger charge is -2.34. The van der Waals surface area contributed by atoms with Gasteiger partial charge in [0.2, 0.25) is 0 Å². The van der Waals surface area contributed by atoms with E-state index < -0.39 is 17.7 Å². The smallest absolute Gasteiger partial charge is 0.255 e. The first-order valence-electron chi connectivity index (χ1n) is 7.26. The fourth-order valence-corrected chi connectivity index (χ4v) is 3.89. The van der Waals surface area contributed by atoms with Crippen LogP contribution in [0.4, 0.5) is 0 Å². The summed E-state index contributed by atoms with van der Waals surface area (Å²) in [6.45, 7) is 0. The molecule has 2 aromatic rings. The second-order valence-corrected chi connectivity index (χ2v) is 6.19. The van der Waals surface area contributed by atoms with Crippen LogP contribution in [0.2, 0.25) is 0 Å². The van der Waals surface area contributed by atoms with Gasteiger partial charge in [0.05, 0.1) is 17.2 Å². The van der Waals surface area contributed by atoms with Gasteiger partial charge in [0, 0.05) is 5.39 Å². The minimum atomic E-state index is -0.890. The van der Waals surface area contributed by atoms with Crippen molar-refractivity contribution in [3.8, 4) is 0 Å². The summed E-state index contributed by atoms with van der Waals surface area (Å²) < 4.78 is 5.39. The van der Waals surface area contributed by atoms with Gasteiger partial charge in [0.25, 0.3) is 5.91 Å². The Morgan fingerprint density at radius 1 is 1.33 bits per heavy atom. The number of nitrogens with one attached hydrogen (secondary N) is 1. The Morgan fingerprint density at radius 2 is 2.14 bits per heavy atom. The minimum Gasteiger partial charge on any atom is -0.463 e. The summed E-state index contributed by atoms with van der Waals surface area (Å²) in [6, 6.07) is 7.35. The predicted octanol–water partition coefficient (Wildman–Crippen LogP) is 1.44. The van der Waals surface area contributed by atoms with Crippen LogP contribution in [0.25, 0.3) is 11.0 Å². The zero-order valence-electron chi connectivity index (χ0n) is 11.5. The first kappa shape index (κ1) is 12.9. The number of aliphatic hydroxyl groups excluding tert-OH is 2. The fourth-order valence-electron chi connectivity index (χ4n) is 3.89. The summed E-state index contributed by atoms with van der Waals surface area (Å²) in [5, 5.41) is 23.9. The van der Waals surface area contributed by atoms with Gasteiger partial charge >= 0.3 is 0 Å². The molecule has 1 aromatic heterocycles. The minimum absolute atomic E-state index is 0.0846. The van der Waals surface area contributed by atoms with Crippen LogP contribution in [0.3, 0.4) is 0 Å². The number of amides is 1. The van der Waals surface area contributed by atoms with E-state index in [0.29, 0.717) is 24.0 Å². The largest absolute Gasteiger partial charge is 0.463 e. The molecule has 110 valence electrons. The van der Waals surface area contributed by atoms with E-state index in [9.17, 15) is 15.0 Å². The number of rotatable bonds is 2. The summed E-state index contributed by atoms with van der Waals surface area (Å²) in [5.41, 5.74) is 0.438. The Kier molecular flexibility index (Phi) is 2.65. The van der Waals surface area contributed by atoms with Gasteiger partial charge in [-0.25, -0.2) is 0 Å². The molecular formula is C16H17NO4. The highest BCUT2D eigenvalue weighted by molar-refractivity contribution is 6.06. The number of fused-ring (bicyclic) bond motifs is 3. The van der Waals surface area contributed by atoms with Crippen LogP contribution in [0.5, 0.6) is 0 Å². The molecule has 0 aliphatic heterocycles. The number of aliphatic hydroxyl groups is 2. The third kappa shape index (κ3) is 1.74. The molecule has 0 saturated heterocycles. The van der Waals surface area contributed by atoms with Crippen LogP contribution < -0.4 is 5.32 Å². The van der Waals surface area contributed by atoms with Crippen LogP contribution >= 0.6 is 0 Å². The zero-order valence-corrected chi connectivity index (χ0v) is 11.5. The van der Waals surface area contributed by atoms with Gasteiger partial charge < -0.3 is 19.9 Å². The van der Waals surface area contributed by atoms with Crippen molar-refractivity contribution in [2.75, 3.05) is 0 Å². The molecule has 2 saturated carbocycles. The van der Waals surface area contributed by atoms with Crippen LogP contribution in [0.1, 0.15) is 29.6 Å². The maximum atomic E-state index is 12.5. The quantitative estimate of drug-likeness (QED) is 0.780. The highest BCUT2D eigenvalue weighted by Crippen LogP contribution is 2.48. The van der Waals surface area contributed by atoms with Crippen molar-refractivity contribution in [1.29, 1.82) is 0 Å². The molecule has 2 aliphatic rings. The second-order valence-electron chi connectivity index (χ2n) is 6.19. The maximum Gasteiger partial charge on any atom is 0.255 e. The molecular weight excluding hydrogens is 270 g/mol. The Bertz CT molecular complexity index is 709. The molecule has 5 nitrogen and oxygen atoms in total. The van der Waals surface area contributed by atoms with E-state index in [-0.39, 0.29) is 11.8 Å². The van der Waals surface area contributed by atoms with E-state index in [1.807, 2.05) is 24.3 Å². The number of hydrogen-bond acceptors (Lipinski definition) is 4. The number of carbonyl (C=O) groups is 1. The van der Waals surface area contributed by atoms with Crippen molar-refractivity contribution in [2.24, 2.45) is 5.92 Å². The standard InChI is InChI=1S/C16H17NO4/c18-13-9-5-6-16(7-9,14(13)19)17-15(20)11-8-21-12-4-2-1-3-10(11)12/h1-4,8-9,13-14,18-19H,5-7H2,(H,17,20)/t9?,13-,14-,16?/m0/s1. The molecule has 1 amide bonds. The van der Waals surface area contributed by atoms with Crippen LogP contribution in [0.15, 0.2) is 34.9 Å². The summed E-state index contributed by atoms with van der Waals surface area (Å²) in [7, 11) is 0. The highest BCUT2D eigenvalue weighted by atomic mass is 16.3. The molecule has 1 heterocycles. The molecule has 0 spiro atoms. The monoisotopic (exact) mass is 287 g/mol. The summed E-state index contributed by atoms with van der Waals surface area (Å²) in [5.74, 6) is -0.171. The lowest BCUT2D eigenvalue weighted by atomic mass is 9.88. The number of para-hydroxylation sites is 1. The number of furan rings is 1.